The number of carbonyl (C=O) groups excluding carboxylic acids is 8. The third-order valence-corrected chi connectivity index (χ3v) is 15.1. The number of hydrogen-bond acceptors (Lipinski definition) is 15. The quantitative estimate of drug-likeness (QED) is 0.0713. The second-order valence-electron chi connectivity index (χ2n) is 20.9. The van der Waals surface area contributed by atoms with Crippen LogP contribution in [0.4, 0.5) is 0 Å². The van der Waals surface area contributed by atoms with Crippen LogP contribution >= 0.6 is 0 Å². The summed E-state index contributed by atoms with van der Waals surface area (Å²) in [4.78, 5) is 102. The van der Waals surface area contributed by atoms with Crippen molar-refractivity contribution in [1.29, 1.82) is 0 Å². The molecule has 18 atom stereocenters. The lowest BCUT2D eigenvalue weighted by Gasteiger charge is -2.45. The molecule has 0 aromatic heterocycles. The van der Waals surface area contributed by atoms with Gasteiger partial charge >= 0.3 is 23.9 Å². The first kappa shape index (κ1) is 68.5. The van der Waals surface area contributed by atoms with Crippen molar-refractivity contribution < 1.29 is 76.7 Å². The van der Waals surface area contributed by atoms with Crippen LogP contribution in [-0.2, 0) is 71.6 Å². The Kier molecular flexibility index (Phi) is 31.4. The van der Waals surface area contributed by atoms with Gasteiger partial charge in [0.15, 0.2) is 0 Å². The van der Waals surface area contributed by atoms with Crippen molar-refractivity contribution in [3.63, 3.8) is 0 Å². The molecule has 73 heavy (non-hydrogen) atoms. The van der Waals surface area contributed by atoms with Gasteiger partial charge in [-0.3, -0.25) is 43.2 Å². The Morgan fingerprint density at radius 2 is 0.644 bits per heavy atom. The van der Waals surface area contributed by atoms with Crippen LogP contribution < -0.4 is 16.0 Å². The highest BCUT2D eigenvalue weighted by molar-refractivity contribution is 5.78. The third kappa shape index (κ3) is 24.2. The Balaban J connectivity index is 0.00000106. The number of hydrogen-bond donors (Lipinski definition) is 4. The van der Waals surface area contributed by atoms with E-state index in [9.17, 15) is 43.2 Å². The maximum Gasteiger partial charge on any atom is 0.306 e. The minimum absolute atomic E-state index is 0. The molecule has 0 aliphatic carbocycles. The average molecular weight is 1040 g/mol. The molecular formula is C54H95N3O16. The molecule has 0 aromatic carbocycles. The van der Waals surface area contributed by atoms with E-state index in [4.69, 9.17) is 33.5 Å². The number of aliphatic carboxylic acids is 1. The van der Waals surface area contributed by atoms with E-state index in [1.54, 1.807) is 20.8 Å². The van der Waals surface area contributed by atoms with E-state index in [0.29, 0.717) is 38.5 Å². The van der Waals surface area contributed by atoms with Crippen molar-refractivity contribution in [3.05, 3.63) is 0 Å². The van der Waals surface area contributed by atoms with Crippen molar-refractivity contribution in [2.24, 2.45) is 53.3 Å². The van der Waals surface area contributed by atoms with Crippen LogP contribution in [0, 0.1) is 53.3 Å². The SMILES string of the molecule is C.CC(=O)NC1C(CCC(C)C(=O)O)OC(COC(C)=O)C(C)C1C.CC(=O)NC1C(CCC(C)C(C)=O)OC(COC(C)=O)C(C)C1C.CC(=O)NC1C(CCC(C)C(C)=O)OC(COC(C)=O)C(C)C1C. The Morgan fingerprint density at radius 1 is 0.411 bits per heavy atom. The molecule has 3 rings (SSSR count). The molecule has 3 fully saturated rings. The number of carboxylic acid groups (broad SMARTS) is 1. The lowest BCUT2D eigenvalue weighted by atomic mass is 9.78. The maximum absolute atomic E-state index is 11.6. The summed E-state index contributed by atoms with van der Waals surface area (Å²) >= 11 is 0. The second-order valence-corrected chi connectivity index (χ2v) is 20.9. The normalized spacial score (nSPS) is 30.7. The van der Waals surface area contributed by atoms with Crippen molar-refractivity contribution in [1.82, 2.24) is 16.0 Å². The molecule has 0 spiro atoms. The van der Waals surface area contributed by atoms with Crippen LogP contribution in [0.15, 0.2) is 0 Å². The van der Waals surface area contributed by atoms with Crippen LogP contribution in [0.3, 0.4) is 0 Å². The van der Waals surface area contributed by atoms with Crippen molar-refractivity contribution in [3.8, 4) is 0 Å². The van der Waals surface area contributed by atoms with E-state index >= 15 is 0 Å². The molecule has 19 nitrogen and oxygen atoms in total. The predicted octanol–water partition coefficient (Wildman–Crippen LogP) is 6.43. The zero-order chi connectivity index (χ0) is 55.3. The highest BCUT2D eigenvalue weighted by atomic mass is 16.6. The highest BCUT2D eigenvalue weighted by Crippen LogP contribution is 2.36. The number of nitrogens with one attached hydrogen (secondary N) is 3. The zero-order valence-electron chi connectivity index (χ0n) is 46.3. The lowest BCUT2D eigenvalue weighted by molar-refractivity contribution is -0.166. The number of rotatable bonds is 21. The monoisotopic (exact) mass is 1040 g/mol. The average Bonchev–Trinajstić information content (AvgIpc) is 3.28. The van der Waals surface area contributed by atoms with Gasteiger partial charge in [-0.25, -0.2) is 0 Å². The molecule has 3 amide bonds. The van der Waals surface area contributed by atoms with Gasteiger partial charge in [0.1, 0.15) is 31.4 Å². The number of ketones is 2. The summed E-state index contributed by atoms with van der Waals surface area (Å²) < 4.78 is 33.7. The van der Waals surface area contributed by atoms with Gasteiger partial charge in [-0.2, -0.15) is 0 Å². The van der Waals surface area contributed by atoms with Crippen molar-refractivity contribution in [2.45, 2.75) is 218 Å². The molecular weight excluding hydrogens is 947 g/mol. The van der Waals surface area contributed by atoms with Gasteiger partial charge in [0, 0.05) is 53.4 Å². The Bertz CT molecular complexity index is 1590. The van der Waals surface area contributed by atoms with Gasteiger partial charge in [0.05, 0.1) is 60.7 Å². The minimum Gasteiger partial charge on any atom is -0.481 e. The fourth-order valence-corrected chi connectivity index (χ4v) is 9.38. The van der Waals surface area contributed by atoms with Crippen LogP contribution in [0.25, 0.3) is 0 Å². The molecule has 4 N–H and O–H groups in total. The number of carboxylic acids is 1. The Morgan fingerprint density at radius 3 is 0.836 bits per heavy atom. The molecule has 18 unspecified atom stereocenters. The van der Waals surface area contributed by atoms with Crippen molar-refractivity contribution >= 4 is 53.2 Å². The van der Waals surface area contributed by atoms with Gasteiger partial charge < -0.3 is 49.5 Å². The summed E-state index contributed by atoms with van der Waals surface area (Å²) in [5, 5.41) is 18.0. The van der Waals surface area contributed by atoms with E-state index in [1.807, 2.05) is 41.5 Å². The minimum atomic E-state index is -0.847. The lowest BCUT2D eigenvalue weighted by Crippen LogP contribution is -2.57. The molecule has 19 heteroatoms. The van der Waals surface area contributed by atoms with Gasteiger partial charge in [0.25, 0.3) is 0 Å². The first-order valence-electron chi connectivity index (χ1n) is 25.8. The number of esters is 3. The summed E-state index contributed by atoms with van der Waals surface area (Å²) in [7, 11) is 0. The molecule has 0 aromatic rings. The maximum atomic E-state index is 11.6. The smallest absolute Gasteiger partial charge is 0.306 e. The summed E-state index contributed by atoms with van der Waals surface area (Å²) in [6, 6.07) is -0.400. The third-order valence-electron chi connectivity index (χ3n) is 15.1. The van der Waals surface area contributed by atoms with Gasteiger partial charge in [-0.05, 0) is 87.9 Å². The van der Waals surface area contributed by atoms with Gasteiger partial charge in [0.2, 0.25) is 17.7 Å². The molecule has 3 aliphatic rings. The van der Waals surface area contributed by atoms with E-state index in [1.165, 1.54) is 41.5 Å². The molecule has 0 saturated carbocycles. The van der Waals surface area contributed by atoms with Gasteiger partial charge in [-0.1, -0.05) is 69.7 Å². The van der Waals surface area contributed by atoms with E-state index < -0.39 is 11.9 Å². The summed E-state index contributed by atoms with van der Waals surface area (Å²) in [5.74, 6) is -1.58. The van der Waals surface area contributed by atoms with Crippen LogP contribution in [-0.4, -0.2) is 133 Å². The Labute approximate surface area is 436 Å². The molecule has 3 saturated heterocycles. The van der Waals surface area contributed by atoms with E-state index in [0.717, 1.165) is 0 Å². The summed E-state index contributed by atoms with van der Waals surface area (Å²) in [6.07, 6.45) is 2.39. The number of Topliss-reactive ketones (excluding diaryl/α,β-unsaturated/α-hetero) is 2. The van der Waals surface area contributed by atoms with E-state index in [2.05, 4.69) is 29.8 Å². The Hall–Kier alpha value is -4.49. The highest BCUT2D eigenvalue weighted by Gasteiger charge is 2.45. The van der Waals surface area contributed by atoms with Crippen LogP contribution in [0.5, 0.6) is 0 Å². The number of carbonyl (C=O) groups is 9. The van der Waals surface area contributed by atoms with E-state index in [-0.39, 0.29) is 177 Å². The van der Waals surface area contributed by atoms with Crippen LogP contribution in [0.2, 0.25) is 0 Å². The first-order valence-corrected chi connectivity index (χ1v) is 25.8. The van der Waals surface area contributed by atoms with Crippen molar-refractivity contribution in [2.75, 3.05) is 19.8 Å². The molecule has 0 bridgehead atoms. The zero-order valence-corrected chi connectivity index (χ0v) is 46.3. The topological polar surface area (TPSA) is 265 Å². The summed E-state index contributed by atoms with van der Waals surface area (Å²) in [6.45, 7) is 30.1. The molecule has 422 valence electrons. The second kappa shape index (κ2) is 33.4. The standard InChI is InChI=1S/2C18H31NO5.C17H29NO6.CH4/c2*1-10(13(4)20)7-8-16-18(19-14(5)21)12(3)11(2)17(24-16)9-23-15(6)22;1-9(17(21)22)6-7-14-16(18-12(4)19)11(3)10(2)15(24-14)8-23-13(5)20;/h2*10-12,16-18H,7-9H2,1-6H3,(H,19,21);9-11,14-16H,6-8H2,1-5H3,(H,18,19)(H,21,22);1H4. The fraction of sp³-hybridized carbons (Fsp3) is 0.833. The molecule has 3 heterocycles. The predicted molar refractivity (Wildman–Crippen MR) is 275 cm³/mol. The van der Waals surface area contributed by atoms with Gasteiger partial charge in [-0.15, -0.1) is 0 Å². The molecule has 0 radical (unpaired) electrons. The largest absolute Gasteiger partial charge is 0.481 e. The molecule has 3 aliphatic heterocycles. The summed E-state index contributed by atoms with van der Waals surface area (Å²) in [5.41, 5.74) is 0. The fourth-order valence-electron chi connectivity index (χ4n) is 9.38. The number of ether oxygens (including phenoxy) is 6. The van der Waals surface area contributed by atoms with Crippen LogP contribution in [0.1, 0.15) is 164 Å². The number of amides is 3. The first-order chi connectivity index (χ1) is 33.4.